The summed E-state index contributed by atoms with van der Waals surface area (Å²) >= 11 is 16.9. The van der Waals surface area contributed by atoms with E-state index >= 15 is 0 Å². The minimum atomic E-state index is -1.76. The van der Waals surface area contributed by atoms with Crippen LogP contribution in [0.25, 0.3) is 0 Å². The van der Waals surface area contributed by atoms with Crippen LogP contribution in [0, 0.1) is 0 Å². The van der Waals surface area contributed by atoms with Gasteiger partial charge in [-0.2, -0.15) is 0 Å². The number of rotatable bonds is 0. The molecule has 3 rings (SSSR count). The normalized spacial score (nSPS) is 49.1. The van der Waals surface area contributed by atoms with Gasteiger partial charge in [0.25, 0.3) is 0 Å². The van der Waals surface area contributed by atoms with E-state index in [0.717, 1.165) is 0 Å². The molecule has 3 saturated heterocycles. The van der Waals surface area contributed by atoms with E-state index in [4.69, 9.17) is 53.8 Å². The third-order valence-electron chi connectivity index (χ3n) is 2.82. The fourth-order valence-corrected chi connectivity index (χ4v) is 2.39. The van der Waals surface area contributed by atoms with E-state index in [2.05, 4.69) is 0 Å². The second-order valence-electron chi connectivity index (χ2n) is 3.93. The van der Waals surface area contributed by atoms with Crippen LogP contribution in [0.4, 0.5) is 0 Å². The molecule has 0 aromatic heterocycles. The van der Waals surface area contributed by atoms with Gasteiger partial charge >= 0.3 is 5.97 Å². The number of alkyl halides is 3. The Morgan fingerprint density at radius 1 is 1.06 bits per heavy atom. The maximum absolute atomic E-state index is 11.1. The number of hydrogen-bond donors (Lipinski definition) is 1. The minimum absolute atomic E-state index is 0.693. The van der Waals surface area contributed by atoms with E-state index in [1.807, 2.05) is 0 Å². The summed E-state index contributed by atoms with van der Waals surface area (Å²) in [5, 5.41) is 9.46. The van der Waals surface area contributed by atoms with Gasteiger partial charge in [-0.05, 0) is 0 Å². The summed E-state index contributed by atoms with van der Waals surface area (Å²) in [6.07, 6.45) is -5.47. The number of carbonyl (C=O) groups excluding carboxylic acids is 1. The summed E-state index contributed by atoms with van der Waals surface area (Å²) in [6.45, 7) is 0. The predicted molar refractivity (Wildman–Crippen MR) is 54.6 cm³/mol. The van der Waals surface area contributed by atoms with E-state index < -0.39 is 46.8 Å². The molecule has 6 nitrogen and oxygen atoms in total. The van der Waals surface area contributed by atoms with Crippen molar-refractivity contribution in [2.24, 2.45) is 0 Å². The van der Waals surface area contributed by atoms with Crippen LogP contribution in [0.3, 0.4) is 0 Å². The molecular formula is C8H7Cl3O6. The third kappa shape index (κ3) is 1.83. The highest BCUT2D eigenvalue weighted by Crippen LogP contribution is 2.44. The number of halogens is 3. The lowest BCUT2D eigenvalue weighted by Gasteiger charge is -2.21. The Morgan fingerprint density at radius 2 is 1.76 bits per heavy atom. The summed E-state index contributed by atoms with van der Waals surface area (Å²) in [4.78, 5) is 11.1. The Kier molecular flexibility index (Phi) is 2.76. The quantitative estimate of drug-likeness (QED) is 0.506. The van der Waals surface area contributed by atoms with Crippen molar-refractivity contribution < 1.29 is 28.8 Å². The van der Waals surface area contributed by atoms with Gasteiger partial charge in [0.2, 0.25) is 10.1 Å². The average molecular weight is 305 g/mol. The van der Waals surface area contributed by atoms with Gasteiger partial charge < -0.3 is 24.1 Å². The van der Waals surface area contributed by atoms with Crippen molar-refractivity contribution in [2.45, 2.75) is 40.8 Å². The first kappa shape index (κ1) is 12.2. The van der Waals surface area contributed by atoms with Crippen molar-refractivity contribution in [3.8, 4) is 0 Å². The first-order valence-corrected chi connectivity index (χ1v) is 5.93. The van der Waals surface area contributed by atoms with Crippen LogP contribution in [0.5, 0.6) is 0 Å². The van der Waals surface area contributed by atoms with Gasteiger partial charge in [-0.25, -0.2) is 4.79 Å². The van der Waals surface area contributed by atoms with Crippen molar-refractivity contribution in [1.29, 1.82) is 0 Å². The molecule has 9 heteroatoms. The van der Waals surface area contributed by atoms with Crippen LogP contribution < -0.4 is 0 Å². The van der Waals surface area contributed by atoms with Crippen LogP contribution in [0.2, 0.25) is 0 Å². The number of ether oxygens (including phenoxy) is 4. The van der Waals surface area contributed by atoms with Crippen molar-refractivity contribution in [3.63, 3.8) is 0 Å². The fourth-order valence-electron chi connectivity index (χ4n) is 2.08. The molecule has 6 atom stereocenters. The third-order valence-corrected chi connectivity index (χ3v) is 3.35. The van der Waals surface area contributed by atoms with E-state index in [1.54, 1.807) is 0 Å². The average Bonchev–Trinajstić information content (AvgIpc) is 2.81. The highest BCUT2D eigenvalue weighted by molar-refractivity contribution is 6.67. The zero-order chi connectivity index (χ0) is 12.4. The van der Waals surface area contributed by atoms with E-state index in [1.165, 1.54) is 0 Å². The highest BCUT2D eigenvalue weighted by atomic mass is 35.6. The monoisotopic (exact) mass is 304 g/mol. The van der Waals surface area contributed by atoms with E-state index in [0.29, 0.717) is 0 Å². The second kappa shape index (κ2) is 3.84. The molecule has 0 saturated carbocycles. The van der Waals surface area contributed by atoms with Crippen LogP contribution >= 0.6 is 34.8 Å². The van der Waals surface area contributed by atoms with Gasteiger partial charge in [0.05, 0.1) is 0 Å². The molecule has 1 N–H and O–H groups in total. The lowest BCUT2D eigenvalue weighted by molar-refractivity contribution is -0.169. The van der Waals surface area contributed by atoms with Gasteiger partial charge in [-0.1, -0.05) is 34.8 Å². The second-order valence-corrected chi connectivity index (χ2v) is 6.29. The maximum Gasteiger partial charge on any atom is 0.338 e. The van der Waals surface area contributed by atoms with Gasteiger partial charge in [0.1, 0.15) is 6.10 Å². The summed E-state index contributed by atoms with van der Waals surface area (Å²) in [7, 11) is 0. The Balaban J connectivity index is 1.76. The van der Waals surface area contributed by atoms with E-state index in [-0.39, 0.29) is 0 Å². The molecule has 0 radical (unpaired) electrons. The predicted octanol–water partition coefficient (Wildman–Crippen LogP) is 0.109. The van der Waals surface area contributed by atoms with Gasteiger partial charge in [-0.3, -0.25) is 0 Å². The smallest absolute Gasteiger partial charge is 0.338 e. The fraction of sp³-hybridized carbons (Fsp3) is 0.875. The van der Waals surface area contributed by atoms with Crippen molar-refractivity contribution in [2.75, 3.05) is 0 Å². The van der Waals surface area contributed by atoms with Crippen LogP contribution in [0.1, 0.15) is 0 Å². The van der Waals surface area contributed by atoms with Crippen molar-refractivity contribution >= 4 is 40.8 Å². The minimum Gasteiger partial charge on any atom is -0.454 e. The maximum atomic E-state index is 11.1. The molecule has 0 bridgehead atoms. The molecule has 0 spiro atoms. The van der Waals surface area contributed by atoms with Gasteiger partial charge in [0, 0.05) is 0 Å². The molecule has 3 heterocycles. The molecule has 96 valence electrons. The molecule has 0 aromatic rings. The molecule has 3 aliphatic heterocycles. The summed E-state index contributed by atoms with van der Waals surface area (Å²) < 4.78 is 19.0. The van der Waals surface area contributed by atoms with E-state index in [9.17, 15) is 9.90 Å². The summed E-state index contributed by atoms with van der Waals surface area (Å²) in [5.41, 5.74) is 0. The number of hydrogen-bond acceptors (Lipinski definition) is 6. The van der Waals surface area contributed by atoms with Crippen molar-refractivity contribution in [1.82, 2.24) is 0 Å². The standard InChI is InChI=1S/C8H7Cl3O6/c9-8(10,11)7-16-4-3-2(15-6(4)17-7)1(12)5(13)14-3/h1-4,6-7,12H. The number of aliphatic hydroxyl groups excluding tert-OH is 1. The molecule has 0 amide bonds. The SMILES string of the molecule is O=C1OC2C3OC(C(Cl)(Cl)Cl)OC3OC2C1O. The summed E-state index contributed by atoms with van der Waals surface area (Å²) in [6, 6.07) is 0. The molecule has 6 unspecified atom stereocenters. The molecule has 0 aromatic carbocycles. The number of carbonyl (C=O) groups is 1. The Labute approximate surface area is 111 Å². The number of esters is 1. The Hall–Kier alpha value is 0.180. The number of aliphatic hydroxyl groups is 1. The lowest BCUT2D eigenvalue weighted by atomic mass is 10.1. The number of fused-ring (bicyclic) bond motifs is 3. The zero-order valence-electron chi connectivity index (χ0n) is 8.09. The van der Waals surface area contributed by atoms with Crippen LogP contribution in [0.15, 0.2) is 0 Å². The van der Waals surface area contributed by atoms with Crippen molar-refractivity contribution in [3.05, 3.63) is 0 Å². The topological polar surface area (TPSA) is 74.2 Å². The Morgan fingerprint density at radius 3 is 2.41 bits per heavy atom. The molecule has 0 aliphatic carbocycles. The largest absolute Gasteiger partial charge is 0.454 e. The van der Waals surface area contributed by atoms with Crippen LogP contribution in [-0.2, 0) is 23.7 Å². The summed E-state index contributed by atoms with van der Waals surface area (Å²) in [5.74, 6) is -0.751. The molecule has 3 fully saturated rings. The highest BCUT2D eigenvalue weighted by Gasteiger charge is 2.63. The molecule has 17 heavy (non-hydrogen) atoms. The molecular weight excluding hydrogens is 298 g/mol. The first-order chi connectivity index (χ1) is 7.88. The lowest BCUT2D eigenvalue weighted by Crippen LogP contribution is -2.35. The van der Waals surface area contributed by atoms with Gasteiger partial charge in [0.15, 0.2) is 24.6 Å². The zero-order valence-corrected chi connectivity index (χ0v) is 10.4. The Bertz CT molecular complexity index is 358. The van der Waals surface area contributed by atoms with Gasteiger partial charge in [-0.15, -0.1) is 0 Å². The first-order valence-electron chi connectivity index (χ1n) is 4.79. The van der Waals surface area contributed by atoms with Crippen LogP contribution in [-0.4, -0.2) is 51.9 Å². The molecule has 3 aliphatic rings.